The van der Waals surface area contributed by atoms with Crippen LogP contribution in [-0.4, -0.2) is 69.5 Å². The van der Waals surface area contributed by atoms with Gasteiger partial charge in [-0.1, -0.05) is 23.4 Å². The summed E-state index contributed by atoms with van der Waals surface area (Å²) >= 11 is 15.3. The van der Waals surface area contributed by atoms with Crippen LogP contribution in [0, 0.1) is 0 Å². The number of carbonyl (C=O) groups is 1. The number of halogens is 3. The number of amidine groups is 1. The van der Waals surface area contributed by atoms with Crippen molar-refractivity contribution in [3.63, 3.8) is 0 Å². The molecule has 4 rings (SSSR count). The molecule has 8 nitrogen and oxygen atoms in total. The van der Waals surface area contributed by atoms with Crippen molar-refractivity contribution in [1.29, 1.82) is 0 Å². The number of amides is 1. The first kappa shape index (κ1) is 20.0. The Bertz CT molecular complexity index is 997. The summed E-state index contributed by atoms with van der Waals surface area (Å²) in [6.45, 7) is 0.444. The van der Waals surface area contributed by atoms with Gasteiger partial charge in [-0.05, 0) is 57.0 Å². The van der Waals surface area contributed by atoms with Gasteiger partial charge in [-0.15, -0.1) is 0 Å². The molecule has 2 atom stereocenters. The van der Waals surface area contributed by atoms with Crippen molar-refractivity contribution < 1.29 is 13.2 Å². The number of aliphatic imine (C=N–C) groups is 1. The third-order valence-electron chi connectivity index (χ3n) is 5.08. The molecule has 4 heterocycles. The van der Waals surface area contributed by atoms with Gasteiger partial charge < -0.3 is 0 Å². The van der Waals surface area contributed by atoms with Crippen LogP contribution in [0.15, 0.2) is 20.1 Å². The molecule has 1 aromatic heterocycles. The molecule has 0 bridgehead atoms. The van der Waals surface area contributed by atoms with E-state index in [-0.39, 0.29) is 11.1 Å². The molecule has 0 unspecified atom stereocenters. The van der Waals surface area contributed by atoms with Crippen LogP contribution in [0.3, 0.4) is 0 Å². The van der Waals surface area contributed by atoms with E-state index in [0.717, 1.165) is 4.31 Å². The van der Waals surface area contributed by atoms with E-state index in [4.69, 9.17) is 16.6 Å². The average molecular weight is 562 g/mol. The molecule has 1 spiro atoms. The second kappa shape index (κ2) is 6.11. The van der Waals surface area contributed by atoms with Crippen molar-refractivity contribution in [2.45, 2.75) is 23.6 Å². The van der Waals surface area contributed by atoms with E-state index < -0.39 is 21.0 Å². The van der Waals surface area contributed by atoms with E-state index in [0.29, 0.717) is 34.2 Å². The summed E-state index contributed by atoms with van der Waals surface area (Å²) in [4.78, 5) is 18.0. The number of nitrogens with zero attached hydrogens (tertiary/aromatic N) is 5. The molecular formula is C14H16Br2ClN5O3S2. The fraction of sp³-hybridized carbons (Fsp3) is 0.571. The highest BCUT2D eigenvalue weighted by atomic mass is 79.9. The second-order valence-corrected chi connectivity index (χ2v) is 11.6. The largest absolute Gasteiger partial charge is 0.306 e. The number of alkyl halides is 1. The maximum absolute atomic E-state index is 13.2. The molecular weight excluding hydrogens is 546 g/mol. The van der Waals surface area contributed by atoms with Gasteiger partial charge in [0.25, 0.3) is 11.7 Å². The Morgan fingerprint density at radius 2 is 2.04 bits per heavy atom. The lowest BCUT2D eigenvalue weighted by Crippen LogP contribution is -2.67. The molecule has 148 valence electrons. The Morgan fingerprint density at radius 1 is 1.37 bits per heavy atom. The van der Waals surface area contributed by atoms with Crippen LogP contribution in [0.4, 0.5) is 0 Å². The second-order valence-electron chi connectivity index (χ2n) is 6.61. The minimum Gasteiger partial charge on any atom is -0.292 e. The van der Waals surface area contributed by atoms with Crippen molar-refractivity contribution in [1.82, 2.24) is 18.1 Å². The number of hydrogen-bond acceptors (Lipinski definition) is 5. The highest BCUT2D eigenvalue weighted by Crippen LogP contribution is 2.59. The van der Waals surface area contributed by atoms with Gasteiger partial charge in [0.05, 0.1) is 4.47 Å². The van der Waals surface area contributed by atoms with E-state index >= 15 is 0 Å². The lowest BCUT2D eigenvalue weighted by molar-refractivity contribution is -0.0226. The minimum absolute atomic E-state index is 0.223. The molecule has 0 aliphatic carbocycles. The first-order valence-electron chi connectivity index (χ1n) is 7.99. The lowest BCUT2D eigenvalue weighted by atomic mass is 9.97. The monoisotopic (exact) mass is 559 g/mol. The summed E-state index contributed by atoms with van der Waals surface area (Å²) < 4.78 is 31.6. The van der Waals surface area contributed by atoms with Crippen molar-refractivity contribution >= 4 is 76.5 Å². The zero-order chi connectivity index (χ0) is 19.9. The van der Waals surface area contributed by atoms with Gasteiger partial charge in [-0.25, -0.2) is 9.30 Å². The molecule has 1 aromatic rings. The molecule has 0 aromatic carbocycles. The molecule has 0 radical (unpaired) electrons. The van der Waals surface area contributed by atoms with Crippen LogP contribution in [-0.2, 0) is 16.0 Å². The van der Waals surface area contributed by atoms with Gasteiger partial charge in [0.15, 0.2) is 10.2 Å². The van der Waals surface area contributed by atoms with Crippen molar-refractivity contribution in [3.05, 3.63) is 20.8 Å². The Balaban J connectivity index is 2.07. The van der Waals surface area contributed by atoms with Gasteiger partial charge in [-0.2, -0.15) is 12.7 Å². The summed E-state index contributed by atoms with van der Waals surface area (Å²) in [5, 5.41) is 0.253. The van der Waals surface area contributed by atoms with Gasteiger partial charge in [-0.3, -0.25) is 14.3 Å². The van der Waals surface area contributed by atoms with E-state index in [2.05, 4.69) is 31.9 Å². The molecule has 27 heavy (non-hydrogen) atoms. The highest BCUT2D eigenvalue weighted by molar-refractivity contribution is 9.13. The molecule has 0 N–H and O–H groups in total. The minimum atomic E-state index is -3.93. The fourth-order valence-corrected chi connectivity index (χ4v) is 7.82. The predicted octanol–water partition coefficient (Wildman–Crippen LogP) is 2.65. The van der Waals surface area contributed by atoms with Crippen LogP contribution in [0.2, 0.25) is 0 Å². The van der Waals surface area contributed by atoms with Crippen molar-refractivity contribution in [2.24, 2.45) is 4.99 Å². The number of carbonyl (C=O) groups excluding carboxylic acids is 1. The van der Waals surface area contributed by atoms with Crippen molar-refractivity contribution in [2.75, 3.05) is 26.9 Å². The summed E-state index contributed by atoms with van der Waals surface area (Å²) in [7, 11) is -1.03. The van der Waals surface area contributed by atoms with Gasteiger partial charge in [0, 0.05) is 20.6 Å². The molecule has 1 fully saturated rings. The Hall–Kier alpha value is -0.270. The molecule has 1 amide bonds. The Kier molecular flexibility index (Phi) is 4.53. The molecule has 13 heteroatoms. The first-order valence-corrected chi connectivity index (χ1v) is 12.6. The van der Waals surface area contributed by atoms with Crippen LogP contribution in [0.5, 0.6) is 0 Å². The first-order chi connectivity index (χ1) is 12.5. The average Bonchev–Trinajstić information content (AvgIpc) is 3.13. The van der Waals surface area contributed by atoms with Crippen LogP contribution in [0.25, 0.3) is 0 Å². The maximum atomic E-state index is 13.2. The predicted molar refractivity (Wildman–Crippen MR) is 112 cm³/mol. The van der Waals surface area contributed by atoms with Crippen molar-refractivity contribution in [3.8, 4) is 0 Å². The SMILES string of the molecule is CSC1=N[C@@]23N(CCC[C@@]2(Cl)N1S(=O)(=O)N(C)C)C(=O)c1cc(Br)c(Br)n13. The zero-order valence-electron chi connectivity index (χ0n) is 14.6. The van der Waals surface area contributed by atoms with Crippen LogP contribution < -0.4 is 0 Å². The number of rotatable bonds is 2. The lowest BCUT2D eigenvalue weighted by Gasteiger charge is -2.50. The summed E-state index contributed by atoms with van der Waals surface area (Å²) in [5.41, 5.74) is 0.411. The third-order valence-corrected chi connectivity index (χ3v) is 10.3. The standard InChI is InChI=1S/C14H16Br2ClN5O3S2/c1-19(2)27(24,25)22-12(26-3)18-14-13(22,17)5-4-6-20(14)11(23)9-7-8(15)10(16)21(9)14/h7H,4-6H2,1-3H3/t13-,14-/m1/s1. The number of fused-ring (bicyclic) bond motifs is 1. The summed E-state index contributed by atoms with van der Waals surface area (Å²) in [6, 6.07) is 1.70. The quantitative estimate of drug-likeness (QED) is 0.411. The van der Waals surface area contributed by atoms with Gasteiger partial charge in [0.1, 0.15) is 10.3 Å². The third kappa shape index (κ3) is 2.22. The molecule has 1 saturated heterocycles. The molecule has 3 aliphatic heterocycles. The molecule has 0 saturated carbocycles. The van der Waals surface area contributed by atoms with E-state index in [1.807, 2.05) is 0 Å². The van der Waals surface area contributed by atoms with Gasteiger partial charge >= 0.3 is 10.2 Å². The number of hydrogen-bond donors (Lipinski definition) is 0. The highest BCUT2D eigenvalue weighted by Gasteiger charge is 2.73. The molecule has 3 aliphatic rings. The summed E-state index contributed by atoms with van der Waals surface area (Å²) in [5.74, 6) is -1.61. The van der Waals surface area contributed by atoms with E-state index in [9.17, 15) is 13.2 Å². The Labute approximate surface area is 183 Å². The zero-order valence-corrected chi connectivity index (χ0v) is 20.2. The van der Waals surface area contributed by atoms with E-state index in [1.54, 1.807) is 21.8 Å². The van der Waals surface area contributed by atoms with Crippen LogP contribution in [0.1, 0.15) is 23.3 Å². The van der Waals surface area contributed by atoms with Crippen LogP contribution >= 0.6 is 55.2 Å². The fourth-order valence-electron chi connectivity index (χ4n) is 3.93. The van der Waals surface area contributed by atoms with Gasteiger partial charge in [0.2, 0.25) is 0 Å². The summed E-state index contributed by atoms with van der Waals surface area (Å²) in [6.07, 6.45) is 2.66. The maximum Gasteiger partial charge on any atom is 0.306 e. The Morgan fingerprint density at radius 3 is 2.63 bits per heavy atom. The topological polar surface area (TPSA) is 78.2 Å². The number of thioether (sulfide) groups is 1. The smallest absolute Gasteiger partial charge is 0.292 e. The number of aromatic nitrogens is 1. The normalized spacial score (nSPS) is 29.9. The van der Waals surface area contributed by atoms with E-state index in [1.165, 1.54) is 30.2 Å². The number of piperidine rings is 1.